The van der Waals surface area contributed by atoms with Crippen molar-refractivity contribution in [1.82, 2.24) is 4.90 Å². The third-order valence-electron chi connectivity index (χ3n) is 4.24. The second-order valence-corrected chi connectivity index (χ2v) is 5.89. The molecule has 1 atom stereocenters. The third-order valence-corrected chi connectivity index (χ3v) is 4.24. The van der Waals surface area contributed by atoms with Gasteiger partial charge < -0.3 is 13.9 Å². The topological polar surface area (TPSA) is 103 Å². The lowest BCUT2D eigenvalue weighted by Crippen LogP contribution is -2.28. The summed E-state index contributed by atoms with van der Waals surface area (Å²) in [5.74, 6) is -1.84. The fraction of sp³-hybridized carbons (Fsp3) is 0.222. The number of hydrogen-bond acceptors (Lipinski definition) is 7. The minimum Gasteiger partial charge on any atom is -0.467 e. The average Bonchev–Trinajstić information content (AvgIpc) is 3.34. The van der Waals surface area contributed by atoms with Gasteiger partial charge in [-0.1, -0.05) is 0 Å². The molecule has 1 aromatic carbocycles. The molecule has 0 aliphatic carbocycles. The molecular formula is C18H13NO7. The van der Waals surface area contributed by atoms with Crippen LogP contribution in [0, 0.1) is 0 Å². The number of furan rings is 1. The molecule has 2 aliphatic heterocycles. The maximum Gasteiger partial charge on any atom is 0.347 e. The molecule has 0 bridgehead atoms. The molecule has 132 valence electrons. The molecule has 4 rings (SSSR count). The van der Waals surface area contributed by atoms with Gasteiger partial charge >= 0.3 is 11.9 Å². The summed E-state index contributed by atoms with van der Waals surface area (Å²) in [6.07, 6.45) is 0.808. The monoisotopic (exact) mass is 355 g/mol. The summed E-state index contributed by atoms with van der Waals surface area (Å²) in [5, 5.41) is 0. The molecular weight excluding hydrogens is 342 g/mol. The second kappa shape index (κ2) is 6.14. The fourth-order valence-corrected chi connectivity index (χ4v) is 2.90. The lowest BCUT2D eigenvalue weighted by Gasteiger charge is -2.11. The Labute approximate surface area is 147 Å². The predicted molar refractivity (Wildman–Crippen MR) is 84.1 cm³/mol. The zero-order chi connectivity index (χ0) is 18.3. The Morgan fingerprint density at radius 1 is 1.15 bits per heavy atom. The molecule has 8 nitrogen and oxygen atoms in total. The maximum atomic E-state index is 12.5. The molecule has 0 saturated carbocycles. The molecule has 0 spiro atoms. The lowest BCUT2D eigenvalue weighted by molar-refractivity contribution is -0.145. The number of fused-ring (bicyclic) bond motifs is 1. The van der Waals surface area contributed by atoms with Gasteiger partial charge in [0, 0.05) is 6.42 Å². The van der Waals surface area contributed by atoms with Crippen LogP contribution < -0.4 is 0 Å². The van der Waals surface area contributed by atoms with Crippen molar-refractivity contribution in [3.63, 3.8) is 0 Å². The van der Waals surface area contributed by atoms with Gasteiger partial charge in [-0.15, -0.1) is 0 Å². The first-order chi connectivity index (χ1) is 12.5. The number of hydrogen-bond donors (Lipinski definition) is 0. The quantitative estimate of drug-likeness (QED) is 0.605. The number of rotatable bonds is 4. The normalized spacial score (nSPS) is 18.8. The van der Waals surface area contributed by atoms with E-state index < -0.39 is 29.9 Å². The molecule has 8 heteroatoms. The molecule has 26 heavy (non-hydrogen) atoms. The molecule has 1 aromatic heterocycles. The van der Waals surface area contributed by atoms with Crippen LogP contribution in [0.3, 0.4) is 0 Å². The highest BCUT2D eigenvalue weighted by molar-refractivity contribution is 6.21. The molecule has 0 unspecified atom stereocenters. The van der Waals surface area contributed by atoms with E-state index in [2.05, 4.69) is 0 Å². The lowest BCUT2D eigenvalue weighted by atomic mass is 10.1. The van der Waals surface area contributed by atoms with Crippen LogP contribution in [0.5, 0.6) is 0 Å². The molecule has 0 N–H and O–H groups in total. The van der Waals surface area contributed by atoms with Gasteiger partial charge in [0.15, 0.2) is 0 Å². The van der Waals surface area contributed by atoms with Crippen LogP contribution in [0.2, 0.25) is 0 Å². The smallest absolute Gasteiger partial charge is 0.347 e. The van der Waals surface area contributed by atoms with Crippen LogP contribution in [0.15, 0.2) is 41.0 Å². The van der Waals surface area contributed by atoms with E-state index in [0.29, 0.717) is 12.2 Å². The number of cyclic esters (lactones) is 1. The molecule has 0 radical (unpaired) electrons. The van der Waals surface area contributed by atoms with E-state index in [4.69, 9.17) is 13.9 Å². The van der Waals surface area contributed by atoms with Crippen molar-refractivity contribution in [2.24, 2.45) is 0 Å². The van der Waals surface area contributed by atoms with Gasteiger partial charge in [-0.05, 0) is 30.3 Å². The summed E-state index contributed by atoms with van der Waals surface area (Å²) >= 11 is 0. The van der Waals surface area contributed by atoms with Crippen molar-refractivity contribution < 1.29 is 33.1 Å². The first kappa shape index (κ1) is 16.1. The highest BCUT2D eigenvalue weighted by Crippen LogP contribution is 2.26. The maximum absolute atomic E-state index is 12.5. The fourth-order valence-electron chi connectivity index (χ4n) is 2.90. The number of carbonyl (C=O) groups is 4. The van der Waals surface area contributed by atoms with Gasteiger partial charge in [0.1, 0.15) is 5.76 Å². The van der Waals surface area contributed by atoms with Gasteiger partial charge in [0.05, 0.1) is 36.1 Å². The van der Waals surface area contributed by atoms with E-state index in [9.17, 15) is 19.2 Å². The molecule has 2 aromatic rings. The minimum absolute atomic E-state index is 0.00699. The highest BCUT2D eigenvalue weighted by atomic mass is 16.6. The number of ether oxygens (including phenoxy) is 2. The number of carbonyl (C=O) groups excluding carboxylic acids is 4. The second-order valence-electron chi connectivity index (χ2n) is 5.89. The van der Waals surface area contributed by atoms with E-state index in [-0.39, 0.29) is 29.8 Å². The van der Waals surface area contributed by atoms with Gasteiger partial charge in [-0.25, -0.2) is 9.59 Å². The molecule has 2 aliphatic rings. The van der Waals surface area contributed by atoms with Crippen LogP contribution in [0.25, 0.3) is 0 Å². The number of imide groups is 1. The average molecular weight is 355 g/mol. The largest absolute Gasteiger partial charge is 0.467 e. The Balaban J connectivity index is 1.55. The summed E-state index contributed by atoms with van der Waals surface area (Å²) in [5.41, 5.74) is 0.410. The van der Waals surface area contributed by atoms with Crippen molar-refractivity contribution in [2.45, 2.75) is 19.1 Å². The third kappa shape index (κ3) is 2.65. The first-order valence-electron chi connectivity index (χ1n) is 7.95. The van der Waals surface area contributed by atoms with E-state index >= 15 is 0 Å². The van der Waals surface area contributed by atoms with Crippen molar-refractivity contribution in [3.05, 3.63) is 59.0 Å². The van der Waals surface area contributed by atoms with E-state index in [1.54, 1.807) is 12.1 Å². The Morgan fingerprint density at radius 2 is 1.96 bits per heavy atom. The van der Waals surface area contributed by atoms with E-state index in [0.717, 1.165) is 4.90 Å². The summed E-state index contributed by atoms with van der Waals surface area (Å²) in [4.78, 5) is 49.6. The zero-order valence-corrected chi connectivity index (χ0v) is 13.5. The van der Waals surface area contributed by atoms with Gasteiger partial charge in [-0.2, -0.15) is 0 Å². The molecule has 3 heterocycles. The molecule has 1 saturated heterocycles. The first-order valence-corrected chi connectivity index (χ1v) is 7.95. The summed E-state index contributed by atoms with van der Waals surface area (Å²) in [7, 11) is 0. The van der Waals surface area contributed by atoms with Crippen LogP contribution in [0.4, 0.5) is 0 Å². The highest BCUT2D eigenvalue weighted by Gasteiger charge is 2.37. The zero-order valence-electron chi connectivity index (χ0n) is 13.5. The van der Waals surface area contributed by atoms with Gasteiger partial charge in [0.2, 0.25) is 6.10 Å². The van der Waals surface area contributed by atoms with Crippen LogP contribution >= 0.6 is 0 Å². The van der Waals surface area contributed by atoms with Crippen molar-refractivity contribution in [2.75, 3.05) is 6.61 Å². The van der Waals surface area contributed by atoms with E-state index in [1.807, 2.05) is 0 Å². The van der Waals surface area contributed by atoms with Crippen molar-refractivity contribution in [1.29, 1.82) is 0 Å². The SMILES string of the molecule is O=C(O[C@@H]1CCOC1=O)c1ccc2c(c1)C(=O)N(Cc1ccco1)C2=O. The van der Waals surface area contributed by atoms with Crippen LogP contribution in [-0.4, -0.2) is 41.4 Å². The van der Waals surface area contributed by atoms with Gasteiger partial charge in [-0.3, -0.25) is 14.5 Å². The summed E-state index contributed by atoms with van der Waals surface area (Å²) in [6, 6.07) is 7.42. The standard InChI is InChI=1S/C18H13NO7/c20-15-12-4-3-10(17(22)26-14-5-7-25-18(14)23)8-13(12)16(21)19(15)9-11-2-1-6-24-11/h1-4,6,8,14H,5,7,9H2/t14-/m1/s1. The molecule has 1 fully saturated rings. The van der Waals surface area contributed by atoms with Crippen molar-refractivity contribution >= 4 is 23.8 Å². The van der Waals surface area contributed by atoms with Crippen LogP contribution in [-0.2, 0) is 20.8 Å². The number of benzene rings is 1. The number of esters is 2. The summed E-state index contributed by atoms with van der Waals surface area (Å²) in [6.45, 7) is 0.211. The number of nitrogens with zero attached hydrogens (tertiary/aromatic N) is 1. The Bertz CT molecular complexity index is 916. The number of amides is 2. The van der Waals surface area contributed by atoms with Gasteiger partial charge in [0.25, 0.3) is 11.8 Å². The Morgan fingerprint density at radius 3 is 2.65 bits per heavy atom. The Hall–Kier alpha value is -3.42. The van der Waals surface area contributed by atoms with E-state index in [1.165, 1.54) is 24.5 Å². The summed E-state index contributed by atoms with van der Waals surface area (Å²) < 4.78 is 15.0. The predicted octanol–water partition coefficient (Wildman–Crippen LogP) is 1.55. The van der Waals surface area contributed by atoms with Crippen LogP contribution in [0.1, 0.15) is 43.3 Å². The minimum atomic E-state index is -0.941. The molecule has 2 amide bonds. The Kier molecular flexibility index (Phi) is 3.80. The van der Waals surface area contributed by atoms with Crippen molar-refractivity contribution in [3.8, 4) is 0 Å².